The van der Waals surface area contributed by atoms with E-state index in [-0.39, 0.29) is 37.2 Å². The number of piperidine rings is 1. The molecular weight excluding hydrogens is 598 g/mol. The van der Waals surface area contributed by atoms with Gasteiger partial charge in [-0.3, -0.25) is 14.2 Å². The molecule has 0 bridgehead atoms. The van der Waals surface area contributed by atoms with Crippen LogP contribution in [-0.2, 0) is 14.3 Å². The van der Waals surface area contributed by atoms with Crippen LogP contribution >= 0.6 is 0 Å². The number of ether oxygens (including phenoxy) is 1. The molecule has 10 heteroatoms. The number of oxazole rings is 1. The molecule has 0 atom stereocenters. The molecule has 1 fully saturated rings. The number of amides is 1. The Balaban J connectivity index is 1.24. The zero-order valence-electron chi connectivity index (χ0n) is 28.6. The molecule has 0 aliphatic carbocycles. The van der Waals surface area contributed by atoms with Gasteiger partial charge in [-0.15, -0.1) is 0 Å². The highest BCUT2D eigenvalue weighted by molar-refractivity contribution is 5.77. The van der Waals surface area contributed by atoms with Gasteiger partial charge in [-0.05, 0) is 57.1 Å². The molecule has 0 spiro atoms. The van der Waals surface area contributed by atoms with Gasteiger partial charge in [0.05, 0.1) is 18.7 Å². The van der Waals surface area contributed by atoms with Crippen molar-refractivity contribution < 1.29 is 29.0 Å². The zero-order valence-corrected chi connectivity index (χ0v) is 28.6. The zero-order chi connectivity index (χ0) is 33.7. The number of rotatable bonds is 24. The first-order valence-corrected chi connectivity index (χ1v) is 18.1. The van der Waals surface area contributed by atoms with Crippen LogP contribution < -0.4 is 11.1 Å². The minimum Gasteiger partial charge on any atom is -0.463 e. The van der Waals surface area contributed by atoms with Gasteiger partial charge < -0.3 is 29.6 Å². The van der Waals surface area contributed by atoms with E-state index in [1.54, 1.807) is 10.6 Å². The van der Waals surface area contributed by atoms with Crippen LogP contribution in [0.3, 0.4) is 0 Å². The van der Waals surface area contributed by atoms with Crippen molar-refractivity contribution in [2.75, 3.05) is 39.5 Å². The van der Waals surface area contributed by atoms with Gasteiger partial charge in [-0.2, -0.15) is 0 Å². The number of hydrogen-bond acceptors (Lipinski definition) is 8. The van der Waals surface area contributed by atoms with Crippen LogP contribution in [0, 0.1) is 0 Å². The molecule has 1 aliphatic rings. The standard InChI is InChI=1S/C37H59N3O7/c1-2-3-4-5-6-7-8-9-10-11-12-13-14-15-16-21-35(44)46-30-37(28-41,29-42)38-34(43)24-27-39-25-22-31(23-26-39)40-32-19-17-18-20-33(32)47-36(40)45/h9-10,17-20,31,41-42H,2-8,11-16,21-30H2,1H3,(H,38,43)/b10-9-. The molecule has 264 valence electrons. The molecule has 0 radical (unpaired) electrons. The maximum atomic E-state index is 12.8. The Morgan fingerprint density at radius 3 is 2.19 bits per heavy atom. The van der Waals surface area contributed by atoms with Crippen LogP contribution in [0.4, 0.5) is 0 Å². The van der Waals surface area contributed by atoms with Crippen LogP contribution in [0.1, 0.15) is 122 Å². The van der Waals surface area contributed by atoms with E-state index in [2.05, 4.69) is 29.3 Å². The second kappa shape index (κ2) is 21.8. The summed E-state index contributed by atoms with van der Waals surface area (Å²) < 4.78 is 12.5. The van der Waals surface area contributed by atoms with Crippen LogP contribution in [-0.4, -0.2) is 76.6 Å². The van der Waals surface area contributed by atoms with Crippen molar-refractivity contribution in [3.05, 3.63) is 47.0 Å². The van der Waals surface area contributed by atoms with Gasteiger partial charge >= 0.3 is 11.7 Å². The molecule has 3 rings (SSSR count). The number of nitrogens with one attached hydrogen (secondary N) is 1. The molecule has 1 amide bonds. The van der Waals surface area contributed by atoms with Gasteiger partial charge in [0, 0.05) is 38.5 Å². The van der Waals surface area contributed by atoms with E-state index in [9.17, 15) is 24.6 Å². The Kier molecular flexibility index (Phi) is 17.9. The lowest BCUT2D eigenvalue weighted by atomic mass is 10.0. The summed E-state index contributed by atoms with van der Waals surface area (Å²) in [7, 11) is 0. The van der Waals surface area contributed by atoms with E-state index < -0.39 is 24.7 Å². The lowest BCUT2D eigenvalue weighted by Crippen LogP contribution is -2.58. The number of fused-ring (bicyclic) bond motifs is 1. The van der Waals surface area contributed by atoms with Crippen molar-refractivity contribution in [1.82, 2.24) is 14.8 Å². The SMILES string of the molecule is CCCCCCCC/C=C\CCCCCCCC(=O)OCC(CO)(CO)NC(=O)CCN1CCC(n2c(=O)oc3ccccc32)CC1. The number of aromatic nitrogens is 1. The quantitative estimate of drug-likeness (QED) is 0.0707. The number of nitrogens with zero attached hydrogens (tertiary/aromatic N) is 2. The topological polar surface area (TPSA) is 134 Å². The predicted molar refractivity (Wildman–Crippen MR) is 185 cm³/mol. The van der Waals surface area contributed by atoms with Crippen molar-refractivity contribution in [2.24, 2.45) is 0 Å². The lowest BCUT2D eigenvalue weighted by Gasteiger charge is -2.33. The van der Waals surface area contributed by atoms with Crippen LogP contribution in [0.25, 0.3) is 11.1 Å². The Morgan fingerprint density at radius 1 is 0.915 bits per heavy atom. The Hall–Kier alpha value is -2.95. The van der Waals surface area contributed by atoms with E-state index in [4.69, 9.17) is 9.15 Å². The van der Waals surface area contributed by atoms with Crippen molar-refractivity contribution in [3.63, 3.8) is 0 Å². The Labute approximate surface area is 280 Å². The van der Waals surface area contributed by atoms with Crippen LogP contribution in [0.5, 0.6) is 0 Å². The van der Waals surface area contributed by atoms with Crippen molar-refractivity contribution >= 4 is 23.0 Å². The van der Waals surface area contributed by atoms with Crippen LogP contribution in [0.2, 0.25) is 0 Å². The fourth-order valence-corrected chi connectivity index (χ4v) is 6.24. The third-order valence-corrected chi connectivity index (χ3v) is 9.26. The lowest BCUT2D eigenvalue weighted by molar-refractivity contribution is -0.149. The summed E-state index contributed by atoms with van der Waals surface area (Å²) in [6.45, 7) is 2.82. The number of para-hydroxylation sites is 2. The van der Waals surface area contributed by atoms with E-state index in [1.165, 1.54) is 44.9 Å². The van der Waals surface area contributed by atoms with E-state index in [1.807, 2.05) is 18.2 Å². The number of carbonyl (C=O) groups excluding carboxylic acids is 2. The third kappa shape index (κ3) is 13.6. The van der Waals surface area contributed by atoms with E-state index in [0.29, 0.717) is 12.1 Å². The number of benzene rings is 1. The fraction of sp³-hybridized carbons (Fsp3) is 0.703. The normalized spacial score (nSPS) is 14.7. The smallest absolute Gasteiger partial charge is 0.420 e. The van der Waals surface area contributed by atoms with Crippen molar-refractivity contribution in [2.45, 2.75) is 128 Å². The molecule has 10 nitrogen and oxygen atoms in total. The molecule has 2 heterocycles. The molecule has 3 N–H and O–H groups in total. The third-order valence-electron chi connectivity index (χ3n) is 9.26. The van der Waals surface area contributed by atoms with Crippen molar-refractivity contribution in [3.8, 4) is 0 Å². The average Bonchev–Trinajstić information content (AvgIpc) is 3.43. The van der Waals surface area contributed by atoms with Gasteiger partial charge in [0.25, 0.3) is 0 Å². The van der Waals surface area contributed by atoms with Crippen molar-refractivity contribution in [1.29, 1.82) is 0 Å². The predicted octanol–water partition coefficient (Wildman–Crippen LogP) is 6.04. The highest BCUT2D eigenvalue weighted by Crippen LogP contribution is 2.25. The van der Waals surface area contributed by atoms with Gasteiger partial charge in [-0.1, -0.05) is 82.6 Å². The van der Waals surface area contributed by atoms with Gasteiger partial charge in [0.15, 0.2) is 5.58 Å². The largest absolute Gasteiger partial charge is 0.463 e. The molecule has 1 aliphatic heterocycles. The van der Waals surface area contributed by atoms with Gasteiger partial charge in [0.1, 0.15) is 12.1 Å². The van der Waals surface area contributed by atoms with Gasteiger partial charge in [0.2, 0.25) is 5.91 Å². The summed E-state index contributed by atoms with van der Waals surface area (Å²) in [6, 6.07) is 7.45. The molecule has 1 aromatic heterocycles. The second-order valence-corrected chi connectivity index (χ2v) is 13.2. The van der Waals surface area contributed by atoms with Crippen LogP contribution in [0.15, 0.2) is 45.6 Å². The number of allylic oxidation sites excluding steroid dienone is 2. The minimum absolute atomic E-state index is 0.0362. The Bertz CT molecular complexity index is 1260. The molecule has 0 saturated carbocycles. The summed E-state index contributed by atoms with van der Waals surface area (Å²) in [4.78, 5) is 39.7. The second-order valence-electron chi connectivity index (χ2n) is 13.2. The molecule has 1 saturated heterocycles. The summed E-state index contributed by atoms with van der Waals surface area (Å²) in [5.74, 6) is -1.07. The number of unbranched alkanes of at least 4 members (excludes halogenated alkanes) is 11. The van der Waals surface area contributed by atoms with E-state index in [0.717, 1.165) is 70.0 Å². The highest BCUT2D eigenvalue weighted by atomic mass is 16.5. The van der Waals surface area contributed by atoms with E-state index >= 15 is 0 Å². The summed E-state index contributed by atoms with van der Waals surface area (Å²) >= 11 is 0. The summed E-state index contributed by atoms with van der Waals surface area (Å²) in [5, 5.41) is 22.6. The first-order valence-electron chi connectivity index (χ1n) is 18.1. The molecule has 1 aromatic carbocycles. The maximum Gasteiger partial charge on any atom is 0.420 e. The Morgan fingerprint density at radius 2 is 1.53 bits per heavy atom. The first kappa shape index (κ1) is 38.5. The fourth-order valence-electron chi connectivity index (χ4n) is 6.24. The number of aliphatic hydroxyl groups is 2. The van der Waals surface area contributed by atoms with Gasteiger partial charge in [-0.25, -0.2) is 4.79 Å². The monoisotopic (exact) mass is 657 g/mol. The maximum absolute atomic E-state index is 12.8. The number of aliphatic hydroxyl groups excluding tert-OH is 2. The minimum atomic E-state index is -1.42. The molecular formula is C37H59N3O7. The summed E-state index contributed by atoms with van der Waals surface area (Å²) in [5.41, 5.74) is -0.0409. The first-order chi connectivity index (χ1) is 22.9. The number of hydrogen-bond donors (Lipinski definition) is 3. The number of likely N-dealkylation sites (tertiary alicyclic amines) is 1. The number of carbonyl (C=O) groups is 2. The molecule has 47 heavy (non-hydrogen) atoms. The molecule has 2 aromatic rings. The number of esters is 1. The molecule has 0 unspecified atom stereocenters. The average molecular weight is 658 g/mol. The highest BCUT2D eigenvalue weighted by Gasteiger charge is 2.33. The summed E-state index contributed by atoms with van der Waals surface area (Å²) in [6.07, 6.45) is 21.9.